The van der Waals surface area contributed by atoms with Gasteiger partial charge < -0.3 is 5.32 Å². The number of nitriles is 1. The number of nitrogens with zero attached hydrogens (tertiary/aromatic N) is 2. The molecule has 1 aromatic rings. The standard InChI is InChI=1S/C16H23N3/c1-13(2)19(12-16-8-5-9-18-16)11-15-7-4-3-6-14(15)10-17/h3-4,6-7,13,16,18H,5,8-9,11-12H2,1-2H3. The van der Waals surface area contributed by atoms with Gasteiger partial charge in [-0.1, -0.05) is 18.2 Å². The van der Waals surface area contributed by atoms with E-state index in [4.69, 9.17) is 0 Å². The smallest absolute Gasteiger partial charge is 0.0995 e. The summed E-state index contributed by atoms with van der Waals surface area (Å²) in [7, 11) is 0. The lowest BCUT2D eigenvalue weighted by molar-refractivity contribution is 0.194. The monoisotopic (exact) mass is 257 g/mol. The average molecular weight is 257 g/mol. The third-order valence-electron chi connectivity index (χ3n) is 3.86. The van der Waals surface area contributed by atoms with E-state index in [1.54, 1.807) is 0 Å². The Kier molecular flexibility index (Phi) is 4.95. The first-order valence-electron chi connectivity index (χ1n) is 7.16. The molecule has 19 heavy (non-hydrogen) atoms. The van der Waals surface area contributed by atoms with Crippen molar-refractivity contribution in [1.82, 2.24) is 10.2 Å². The Morgan fingerprint density at radius 3 is 2.84 bits per heavy atom. The second-order valence-corrected chi connectivity index (χ2v) is 5.59. The summed E-state index contributed by atoms with van der Waals surface area (Å²) >= 11 is 0. The largest absolute Gasteiger partial charge is 0.313 e. The molecule has 0 spiro atoms. The quantitative estimate of drug-likeness (QED) is 0.881. The fourth-order valence-corrected chi connectivity index (χ4v) is 2.64. The molecule has 0 radical (unpaired) electrons. The van der Waals surface area contributed by atoms with Gasteiger partial charge in [-0.25, -0.2) is 0 Å². The minimum atomic E-state index is 0.495. The molecule has 1 heterocycles. The molecule has 2 rings (SSSR count). The highest BCUT2D eigenvalue weighted by Crippen LogP contribution is 2.15. The van der Waals surface area contributed by atoms with Crippen LogP contribution in [0, 0.1) is 11.3 Å². The van der Waals surface area contributed by atoms with Crippen LogP contribution in [0.15, 0.2) is 24.3 Å². The molecule has 1 aliphatic heterocycles. The van der Waals surface area contributed by atoms with Crippen LogP contribution in [0.25, 0.3) is 0 Å². The molecule has 0 aliphatic carbocycles. The van der Waals surface area contributed by atoms with Gasteiger partial charge in [-0.3, -0.25) is 4.90 Å². The van der Waals surface area contributed by atoms with E-state index in [-0.39, 0.29) is 0 Å². The summed E-state index contributed by atoms with van der Waals surface area (Å²) in [6, 6.07) is 11.3. The summed E-state index contributed by atoms with van der Waals surface area (Å²) in [4.78, 5) is 2.46. The maximum Gasteiger partial charge on any atom is 0.0995 e. The summed E-state index contributed by atoms with van der Waals surface area (Å²) in [5, 5.41) is 12.7. The predicted molar refractivity (Wildman–Crippen MR) is 77.7 cm³/mol. The van der Waals surface area contributed by atoms with Gasteiger partial charge in [0, 0.05) is 25.2 Å². The van der Waals surface area contributed by atoms with Crippen molar-refractivity contribution in [1.29, 1.82) is 5.26 Å². The highest BCUT2D eigenvalue weighted by molar-refractivity contribution is 5.37. The fraction of sp³-hybridized carbons (Fsp3) is 0.562. The van der Waals surface area contributed by atoms with Crippen LogP contribution in [0.3, 0.4) is 0 Å². The number of hydrogen-bond acceptors (Lipinski definition) is 3. The molecule has 1 atom stereocenters. The Bertz CT molecular complexity index is 442. The van der Waals surface area contributed by atoms with Crippen molar-refractivity contribution in [2.75, 3.05) is 13.1 Å². The van der Waals surface area contributed by atoms with Gasteiger partial charge in [0.2, 0.25) is 0 Å². The third-order valence-corrected chi connectivity index (χ3v) is 3.86. The highest BCUT2D eigenvalue weighted by atomic mass is 15.2. The first-order chi connectivity index (χ1) is 9.20. The summed E-state index contributed by atoms with van der Waals surface area (Å²) in [6.45, 7) is 7.52. The third kappa shape index (κ3) is 3.79. The Balaban J connectivity index is 2.05. The summed E-state index contributed by atoms with van der Waals surface area (Å²) in [5.74, 6) is 0. The van der Waals surface area contributed by atoms with Crippen LogP contribution in [-0.4, -0.2) is 30.1 Å². The van der Waals surface area contributed by atoms with Crippen molar-refractivity contribution in [2.24, 2.45) is 0 Å². The fourth-order valence-electron chi connectivity index (χ4n) is 2.64. The van der Waals surface area contributed by atoms with E-state index in [2.05, 4.69) is 36.2 Å². The number of benzene rings is 1. The van der Waals surface area contributed by atoms with Gasteiger partial charge in [-0.05, 0) is 44.9 Å². The van der Waals surface area contributed by atoms with E-state index in [1.165, 1.54) is 12.8 Å². The molecule has 0 amide bonds. The lowest BCUT2D eigenvalue weighted by atomic mass is 10.1. The molecule has 1 aromatic carbocycles. The molecule has 0 aromatic heterocycles. The number of nitrogens with one attached hydrogen (secondary N) is 1. The molecule has 102 valence electrons. The average Bonchev–Trinajstić information content (AvgIpc) is 2.91. The van der Waals surface area contributed by atoms with Gasteiger partial charge in [0.1, 0.15) is 0 Å². The van der Waals surface area contributed by atoms with E-state index in [9.17, 15) is 5.26 Å². The lowest BCUT2D eigenvalue weighted by Gasteiger charge is -2.29. The molecule has 0 saturated carbocycles. The molecular weight excluding hydrogens is 234 g/mol. The van der Waals surface area contributed by atoms with Crippen LogP contribution < -0.4 is 5.32 Å². The zero-order valence-electron chi connectivity index (χ0n) is 11.9. The lowest BCUT2D eigenvalue weighted by Crippen LogP contribution is -2.40. The van der Waals surface area contributed by atoms with Crippen molar-refractivity contribution in [3.63, 3.8) is 0 Å². The van der Waals surface area contributed by atoms with Crippen LogP contribution in [0.4, 0.5) is 0 Å². The van der Waals surface area contributed by atoms with E-state index in [1.807, 2.05) is 18.2 Å². The molecule has 1 fully saturated rings. The van der Waals surface area contributed by atoms with Gasteiger partial charge in [-0.15, -0.1) is 0 Å². The maximum atomic E-state index is 9.17. The van der Waals surface area contributed by atoms with Gasteiger partial charge >= 0.3 is 0 Å². The minimum Gasteiger partial charge on any atom is -0.313 e. The normalized spacial score (nSPS) is 19.0. The highest BCUT2D eigenvalue weighted by Gasteiger charge is 2.20. The van der Waals surface area contributed by atoms with Crippen molar-refractivity contribution in [3.05, 3.63) is 35.4 Å². The van der Waals surface area contributed by atoms with Gasteiger partial charge in [-0.2, -0.15) is 5.26 Å². The van der Waals surface area contributed by atoms with Crippen molar-refractivity contribution in [2.45, 2.75) is 45.3 Å². The van der Waals surface area contributed by atoms with E-state index in [0.717, 1.165) is 30.8 Å². The summed E-state index contributed by atoms with van der Waals surface area (Å²) < 4.78 is 0. The van der Waals surface area contributed by atoms with Crippen molar-refractivity contribution >= 4 is 0 Å². The first kappa shape index (κ1) is 14.0. The van der Waals surface area contributed by atoms with Gasteiger partial charge in [0.05, 0.1) is 11.6 Å². The molecule has 0 bridgehead atoms. The second-order valence-electron chi connectivity index (χ2n) is 5.59. The number of hydrogen-bond donors (Lipinski definition) is 1. The van der Waals surface area contributed by atoms with E-state index < -0.39 is 0 Å². The first-order valence-corrected chi connectivity index (χ1v) is 7.16. The maximum absolute atomic E-state index is 9.17. The molecule has 1 unspecified atom stereocenters. The van der Waals surface area contributed by atoms with Crippen molar-refractivity contribution < 1.29 is 0 Å². The molecule has 3 heteroatoms. The van der Waals surface area contributed by atoms with Crippen LogP contribution in [0.5, 0.6) is 0 Å². The van der Waals surface area contributed by atoms with Crippen LogP contribution in [0.2, 0.25) is 0 Å². The SMILES string of the molecule is CC(C)N(Cc1ccccc1C#N)CC1CCCN1. The van der Waals surface area contributed by atoms with Gasteiger partial charge in [0.25, 0.3) is 0 Å². The molecule has 1 N–H and O–H groups in total. The summed E-state index contributed by atoms with van der Waals surface area (Å²) in [5.41, 5.74) is 1.93. The number of rotatable bonds is 5. The van der Waals surface area contributed by atoms with Crippen LogP contribution in [0.1, 0.15) is 37.8 Å². The zero-order valence-corrected chi connectivity index (χ0v) is 11.9. The molecular formula is C16H23N3. The van der Waals surface area contributed by atoms with Crippen LogP contribution >= 0.6 is 0 Å². The Morgan fingerprint density at radius 1 is 1.42 bits per heavy atom. The minimum absolute atomic E-state index is 0.495. The molecule has 3 nitrogen and oxygen atoms in total. The predicted octanol–water partition coefficient (Wildman–Crippen LogP) is 2.52. The Labute approximate surface area is 116 Å². The van der Waals surface area contributed by atoms with Gasteiger partial charge in [0.15, 0.2) is 0 Å². The van der Waals surface area contributed by atoms with E-state index >= 15 is 0 Å². The Hall–Kier alpha value is -1.37. The van der Waals surface area contributed by atoms with E-state index in [0.29, 0.717) is 12.1 Å². The topological polar surface area (TPSA) is 39.1 Å². The second kappa shape index (κ2) is 6.70. The molecule has 1 aliphatic rings. The molecule has 1 saturated heterocycles. The zero-order chi connectivity index (χ0) is 13.7. The Morgan fingerprint density at radius 2 is 2.21 bits per heavy atom. The summed E-state index contributed by atoms with van der Waals surface area (Å²) in [6.07, 6.45) is 2.55. The van der Waals surface area contributed by atoms with Crippen molar-refractivity contribution in [3.8, 4) is 6.07 Å². The van der Waals surface area contributed by atoms with Crippen LogP contribution in [-0.2, 0) is 6.54 Å².